The number of rotatable bonds is 5. The van der Waals surface area contributed by atoms with E-state index >= 15 is 0 Å². The van der Waals surface area contributed by atoms with Crippen LogP contribution in [0.15, 0.2) is 48.5 Å². The molecule has 0 aliphatic rings. The lowest BCUT2D eigenvalue weighted by Gasteiger charge is -2.12. The van der Waals surface area contributed by atoms with Crippen molar-refractivity contribution in [2.24, 2.45) is 0 Å². The van der Waals surface area contributed by atoms with Crippen molar-refractivity contribution in [3.63, 3.8) is 0 Å². The fourth-order valence-corrected chi connectivity index (χ4v) is 4.74. The van der Waals surface area contributed by atoms with E-state index < -0.39 is 24.2 Å². The molecule has 0 fully saturated rings. The smallest absolute Gasteiger partial charge is 0.433 e. The molecule has 1 aromatic carbocycles. The third kappa shape index (κ3) is 4.64. The first-order chi connectivity index (χ1) is 17.5. The summed E-state index contributed by atoms with van der Waals surface area (Å²) in [5.41, 5.74) is -0.820. The highest BCUT2D eigenvalue weighted by Gasteiger charge is 2.34. The first-order valence-corrected chi connectivity index (χ1v) is 11.7. The lowest BCUT2D eigenvalue weighted by molar-refractivity contribution is -0.141. The maximum Gasteiger partial charge on any atom is 0.433 e. The van der Waals surface area contributed by atoms with Gasteiger partial charge in [-0.2, -0.15) is 23.0 Å². The van der Waals surface area contributed by atoms with Crippen LogP contribution in [0.3, 0.4) is 0 Å². The summed E-state index contributed by atoms with van der Waals surface area (Å²) >= 11 is 1.36. The van der Waals surface area contributed by atoms with Crippen LogP contribution in [0.25, 0.3) is 38.8 Å². The monoisotopic (exact) mass is 531 g/mol. The van der Waals surface area contributed by atoms with Gasteiger partial charge in [0.15, 0.2) is 11.3 Å². The number of ether oxygens (including phenoxy) is 1. The Hall–Kier alpha value is -3.93. The van der Waals surface area contributed by atoms with E-state index in [0.717, 1.165) is 15.6 Å². The number of thiophene rings is 1. The van der Waals surface area contributed by atoms with Crippen LogP contribution in [0.5, 0.6) is 5.75 Å². The number of fused-ring (bicyclic) bond motifs is 1. The van der Waals surface area contributed by atoms with Crippen molar-refractivity contribution in [2.45, 2.75) is 26.4 Å². The van der Waals surface area contributed by atoms with Crippen LogP contribution in [0.2, 0.25) is 0 Å². The molecule has 6 nitrogen and oxygen atoms in total. The van der Waals surface area contributed by atoms with Crippen LogP contribution >= 0.6 is 11.3 Å². The Labute approximate surface area is 211 Å². The number of aryl methyl sites for hydroxylation is 2. The molecule has 5 rings (SSSR count). The van der Waals surface area contributed by atoms with Gasteiger partial charge in [0.1, 0.15) is 5.75 Å². The molecule has 4 heterocycles. The summed E-state index contributed by atoms with van der Waals surface area (Å²) in [6, 6.07) is 12.0. The first-order valence-electron chi connectivity index (χ1n) is 10.9. The van der Waals surface area contributed by atoms with E-state index in [-0.39, 0.29) is 33.7 Å². The molecule has 0 unspecified atom stereocenters. The Morgan fingerprint density at radius 1 is 0.919 bits per heavy atom. The van der Waals surface area contributed by atoms with Crippen LogP contribution in [0.4, 0.5) is 22.0 Å². The number of benzene rings is 1. The van der Waals surface area contributed by atoms with Crippen LogP contribution in [0, 0.1) is 13.8 Å². The van der Waals surface area contributed by atoms with Crippen molar-refractivity contribution in [3.05, 3.63) is 70.4 Å². The van der Waals surface area contributed by atoms with Crippen molar-refractivity contribution < 1.29 is 26.7 Å². The topological polar surface area (TPSA) is 65.7 Å². The molecule has 0 radical (unpaired) electrons. The number of methoxy groups -OCH3 is 1. The van der Waals surface area contributed by atoms with E-state index in [4.69, 9.17) is 4.74 Å². The Bertz CT molecular complexity index is 1610. The fraction of sp³-hybridized carbons (Fsp3) is 0.200. The third-order valence-electron chi connectivity index (χ3n) is 5.65. The molecule has 0 bridgehead atoms. The van der Waals surface area contributed by atoms with E-state index in [1.54, 1.807) is 30.3 Å². The van der Waals surface area contributed by atoms with Gasteiger partial charge in [0.2, 0.25) is 0 Å². The quantitative estimate of drug-likeness (QED) is 0.225. The highest BCUT2D eigenvalue weighted by Crippen LogP contribution is 2.37. The highest BCUT2D eigenvalue weighted by atomic mass is 32.1. The maximum atomic E-state index is 14.1. The van der Waals surface area contributed by atoms with Gasteiger partial charge in [0.25, 0.3) is 12.4 Å². The van der Waals surface area contributed by atoms with E-state index in [2.05, 4.69) is 20.1 Å². The summed E-state index contributed by atoms with van der Waals surface area (Å²) < 4.78 is 75.8. The Morgan fingerprint density at radius 3 is 2.24 bits per heavy atom. The zero-order valence-corrected chi connectivity index (χ0v) is 20.5. The fourth-order valence-electron chi connectivity index (χ4n) is 3.92. The van der Waals surface area contributed by atoms with Gasteiger partial charge in [-0.3, -0.25) is 0 Å². The van der Waals surface area contributed by atoms with Crippen molar-refractivity contribution in [2.75, 3.05) is 7.11 Å². The summed E-state index contributed by atoms with van der Waals surface area (Å²) in [7, 11) is 1.47. The molecule has 0 aliphatic carbocycles. The number of pyridine rings is 1. The Kier molecular flexibility index (Phi) is 6.14. The van der Waals surface area contributed by atoms with Gasteiger partial charge >= 0.3 is 6.18 Å². The lowest BCUT2D eigenvalue weighted by atomic mass is 10.1. The number of nitrogens with zero attached hydrogens (tertiary/aromatic N) is 5. The number of hydrogen-bond acceptors (Lipinski definition) is 6. The number of hydrogen-bond donors (Lipinski definition) is 0. The third-order valence-corrected chi connectivity index (χ3v) is 6.67. The van der Waals surface area contributed by atoms with Crippen molar-refractivity contribution in [1.29, 1.82) is 0 Å². The average Bonchev–Trinajstić information content (AvgIpc) is 3.45. The molecule has 0 amide bonds. The molecule has 0 saturated heterocycles. The van der Waals surface area contributed by atoms with Gasteiger partial charge in [0, 0.05) is 16.0 Å². The number of aromatic nitrogens is 5. The highest BCUT2D eigenvalue weighted by molar-refractivity contribution is 7.15. The molecule has 0 aliphatic heterocycles. The summed E-state index contributed by atoms with van der Waals surface area (Å²) in [5.74, 6) is 0.0776. The maximum absolute atomic E-state index is 14.1. The molecule has 190 valence electrons. The Morgan fingerprint density at radius 2 is 1.65 bits per heavy atom. The summed E-state index contributed by atoms with van der Waals surface area (Å²) in [6.07, 6.45) is -7.66. The SMILES string of the molecule is COc1ccc(-c2cc(C(F)(F)F)nc(-n3nc(C)c4c(C(F)F)cc(-c5ccc(C)s5)nc43)n2)cc1. The predicted octanol–water partition coefficient (Wildman–Crippen LogP) is 7.19. The second-order valence-corrected chi connectivity index (χ2v) is 9.46. The Balaban J connectivity index is 1.77. The summed E-state index contributed by atoms with van der Waals surface area (Å²) in [4.78, 5) is 14.1. The van der Waals surface area contributed by atoms with Crippen molar-refractivity contribution in [3.8, 4) is 33.5 Å². The molecule has 0 atom stereocenters. The van der Waals surface area contributed by atoms with E-state index in [1.165, 1.54) is 31.4 Å². The van der Waals surface area contributed by atoms with Crippen LogP contribution in [-0.4, -0.2) is 31.8 Å². The molecule has 5 aromatic rings. The molecule has 37 heavy (non-hydrogen) atoms. The molecule has 4 aromatic heterocycles. The molecule has 0 spiro atoms. The zero-order valence-electron chi connectivity index (χ0n) is 19.6. The number of halogens is 5. The second kappa shape index (κ2) is 9.18. The van der Waals surface area contributed by atoms with Gasteiger partial charge in [-0.15, -0.1) is 11.3 Å². The van der Waals surface area contributed by atoms with E-state index in [0.29, 0.717) is 16.2 Å². The molecule has 12 heteroatoms. The minimum atomic E-state index is -4.79. The second-order valence-electron chi connectivity index (χ2n) is 8.17. The normalized spacial score (nSPS) is 12.0. The van der Waals surface area contributed by atoms with Crippen molar-refractivity contribution in [1.82, 2.24) is 24.7 Å². The predicted molar refractivity (Wildman–Crippen MR) is 129 cm³/mol. The number of alkyl halides is 5. The first kappa shape index (κ1) is 24.8. The van der Waals surface area contributed by atoms with Crippen LogP contribution in [-0.2, 0) is 6.18 Å². The molecular weight excluding hydrogens is 513 g/mol. The summed E-state index contributed by atoms with van der Waals surface area (Å²) in [6.45, 7) is 3.35. The minimum Gasteiger partial charge on any atom is -0.497 e. The van der Waals surface area contributed by atoms with Crippen LogP contribution < -0.4 is 4.74 Å². The molecule has 0 saturated carbocycles. The zero-order chi connectivity index (χ0) is 26.5. The van der Waals surface area contributed by atoms with Crippen molar-refractivity contribution >= 4 is 22.4 Å². The lowest BCUT2D eigenvalue weighted by Crippen LogP contribution is -2.14. The van der Waals surface area contributed by atoms with Gasteiger partial charge in [0.05, 0.1) is 34.5 Å². The standard InChI is InChI=1S/C25H18F5N5OS/c1-12-4-9-19(37-12)18-10-16(22(26)27)21-13(2)34-35(23(21)31-18)24-32-17(11-20(33-24)25(28,29)30)14-5-7-15(36-3)8-6-14/h4-11,22H,1-3H3. The summed E-state index contributed by atoms with van der Waals surface area (Å²) in [5, 5.41) is 4.28. The molecule has 0 N–H and O–H groups in total. The average molecular weight is 532 g/mol. The van der Waals surface area contributed by atoms with Gasteiger partial charge in [-0.25, -0.2) is 23.7 Å². The van der Waals surface area contributed by atoms with Crippen LogP contribution in [0.1, 0.15) is 28.3 Å². The minimum absolute atomic E-state index is 0.0274. The molecular formula is C25H18F5N5OS. The van der Waals surface area contributed by atoms with Gasteiger partial charge < -0.3 is 4.74 Å². The van der Waals surface area contributed by atoms with Gasteiger partial charge in [-0.1, -0.05) is 0 Å². The van der Waals surface area contributed by atoms with Gasteiger partial charge in [-0.05, 0) is 62.4 Å². The van der Waals surface area contributed by atoms with E-state index in [9.17, 15) is 22.0 Å². The van der Waals surface area contributed by atoms with E-state index in [1.807, 2.05) is 13.0 Å². The largest absolute Gasteiger partial charge is 0.497 e.